The number of hydrogen-bond acceptors (Lipinski definition) is 2. The van der Waals surface area contributed by atoms with E-state index in [0.717, 1.165) is 12.2 Å². The fraction of sp³-hybridized carbons (Fsp3) is 0.652. The van der Waals surface area contributed by atoms with Gasteiger partial charge in [-0.25, -0.2) is 0 Å². The highest BCUT2D eigenvalue weighted by Crippen LogP contribution is 2.41. The smallest absolute Gasteiger partial charge is 0.403 e. The van der Waals surface area contributed by atoms with E-state index in [-0.39, 0.29) is 18.3 Å². The molecule has 2 nitrogen and oxygen atoms in total. The summed E-state index contributed by atoms with van der Waals surface area (Å²) in [6.07, 6.45) is 10.2. The van der Waals surface area contributed by atoms with Crippen LogP contribution in [0.5, 0.6) is 0 Å². The van der Waals surface area contributed by atoms with Gasteiger partial charge in [0.15, 0.2) is 0 Å². The maximum atomic E-state index is 6.32. The van der Waals surface area contributed by atoms with Crippen LogP contribution in [0.25, 0.3) is 5.57 Å². The van der Waals surface area contributed by atoms with E-state index in [0.29, 0.717) is 5.92 Å². The Labute approximate surface area is 160 Å². The van der Waals surface area contributed by atoms with Gasteiger partial charge in [-0.1, -0.05) is 55.7 Å². The molecule has 142 valence electrons. The third-order valence-electron chi connectivity index (χ3n) is 6.72. The Morgan fingerprint density at radius 1 is 1.04 bits per heavy atom. The van der Waals surface area contributed by atoms with Crippen molar-refractivity contribution in [1.82, 2.24) is 0 Å². The van der Waals surface area contributed by atoms with Gasteiger partial charge in [0, 0.05) is 0 Å². The molecular formula is C23H35BO2. The van der Waals surface area contributed by atoms with Gasteiger partial charge in [-0.15, -0.1) is 0 Å². The summed E-state index contributed by atoms with van der Waals surface area (Å²) in [4.78, 5) is 0. The van der Waals surface area contributed by atoms with Crippen molar-refractivity contribution in [3.8, 4) is 0 Å². The molecule has 0 radical (unpaired) electrons. The molecular weight excluding hydrogens is 319 g/mol. The van der Waals surface area contributed by atoms with E-state index >= 15 is 0 Å². The predicted molar refractivity (Wildman–Crippen MR) is 111 cm³/mol. The Bertz CT molecular complexity index is 598. The fourth-order valence-corrected chi connectivity index (χ4v) is 4.36. The van der Waals surface area contributed by atoms with Gasteiger partial charge in [-0.05, 0) is 76.8 Å². The molecule has 1 aliphatic heterocycles. The third-order valence-corrected chi connectivity index (χ3v) is 6.72. The molecule has 1 saturated carbocycles. The van der Waals surface area contributed by atoms with Crippen molar-refractivity contribution in [2.45, 2.75) is 84.2 Å². The largest absolute Gasteiger partial charge is 0.458 e. The zero-order chi connectivity index (χ0) is 18.8. The Hall–Kier alpha value is -1.06. The average Bonchev–Trinajstić information content (AvgIpc) is 2.82. The average molecular weight is 354 g/mol. The second kappa shape index (κ2) is 7.90. The van der Waals surface area contributed by atoms with Crippen molar-refractivity contribution in [3.05, 3.63) is 42.0 Å². The Balaban J connectivity index is 1.78. The van der Waals surface area contributed by atoms with Gasteiger partial charge in [0.05, 0.1) is 11.2 Å². The molecule has 0 amide bonds. The van der Waals surface area contributed by atoms with Crippen LogP contribution in [-0.2, 0) is 9.31 Å². The van der Waals surface area contributed by atoms with Crippen LogP contribution >= 0.6 is 0 Å². The predicted octanol–water partition coefficient (Wildman–Crippen LogP) is 6.38. The lowest BCUT2D eigenvalue weighted by molar-refractivity contribution is 0.00578. The lowest BCUT2D eigenvalue weighted by atomic mass is 9.68. The molecule has 1 aromatic carbocycles. The van der Waals surface area contributed by atoms with Crippen LogP contribution in [-0.4, -0.2) is 18.3 Å². The summed E-state index contributed by atoms with van der Waals surface area (Å²) in [5, 5.41) is 0. The topological polar surface area (TPSA) is 18.5 Å². The summed E-state index contributed by atoms with van der Waals surface area (Å²) in [6.45, 7) is 10.8. The van der Waals surface area contributed by atoms with Gasteiger partial charge in [0.25, 0.3) is 0 Å². The van der Waals surface area contributed by atoms with Gasteiger partial charge in [-0.3, -0.25) is 0 Å². The summed E-state index contributed by atoms with van der Waals surface area (Å²) in [6, 6.07) is 10.7. The molecule has 3 heteroatoms. The Kier molecular flexibility index (Phi) is 5.99. The monoisotopic (exact) mass is 354 g/mol. The molecule has 3 rings (SSSR count). The highest BCUT2D eigenvalue weighted by molar-refractivity contribution is 6.45. The highest BCUT2D eigenvalue weighted by Gasteiger charge is 2.51. The SMILES string of the molecule is C/C(=C\C(CB1OC(C)(C)C(C)(C)O1)C1CCCCC1)c1ccccc1. The Morgan fingerprint density at radius 3 is 2.19 bits per heavy atom. The van der Waals surface area contributed by atoms with Gasteiger partial charge in [0.2, 0.25) is 0 Å². The van der Waals surface area contributed by atoms with Gasteiger partial charge < -0.3 is 9.31 Å². The van der Waals surface area contributed by atoms with Crippen molar-refractivity contribution < 1.29 is 9.31 Å². The van der Waals surface area contributed by atoms with Crippen molar-refractivity contribution in [2.75, 3.05) is 0 Å². The third kappa shape index (κ3) is 4.43. The summed E-state index contributed by atoms with van der Waals surface area (Å²) in [5.74, 6) is 1.27. The van der Waals surface area contributed by atoms with Crippen LogP contribution in [0.2, 0.25) is 6.32 Å². The van der Waals surface area contributed by atoms with E-state index in [9.17, 15) is 0 Å². The van der Waals surface area contributed by atoms with Crippen LogP contribution in [0.15, 0.2) is 36.4 Å². The van der Waals surface area contributed by atoms with E-state index in [1.165, 1.54) is 43.2 Å². The fourth-order valence-electron chi connectivity index (χ4n) is 4.36. The normalized spacial score (nSPS) is 24.7. The van der Waals surface area contributed by atoms with Crippen LogP contribution in [0.4, 0.5) is 0 Å². The van der Waals surface area contributed by atoms with Crippen LogP contribution in [0.3, 0.4) is 0 Å². The summed E-state index contributed by atoms with van der Waals surface area (Å²) < 4.78 is 12.6. The molecule has 0 aromatic heterocycles. The lowest BCUT2D eigenvalue weighted by Crippen LogP contribution is -2.41. The first-order chi connectivity index (χ1) is 12.3. The van der Waals surface area contributed by atoms with Crippen molar-refractivity contribution in [2.24, 2.45) is 11.8 Å². The first kappa shape index (κ1) is 19.7. The second-order valence-electron chi connectivity index (χ2n) is 9.20. The minimum atomic E-state index is -0.243. The maximum absolute atomic E-state index is 6.32. The molecule has 1 heterocycles. The standard InChI is InChI=1S/C23H35BO2/c1-18(19-12-8-6-9-13-19)16-21(20-14-10-7-11-15-20)17-24-25-22(2,3)23(4,5)26-24/h6,8-9,12-13,16,20-21H,7,10-11,14-15,17H2,1-5H3/b18-16+. The zero-order valence-corrected chi connectivity index (χ0v) is 17.3. The minimum Gasteiger partial charge on any atom is -0.403 e. The molecule has 2 fully saturated rings. The van der Waals surface area contributed by atoms with E-state index in [2.05, 4.69) is 71.0 Å². The van der Waals surface area contributed by atoms with Crippen LogP contribution < -0.4 is 0 Å². The number of benzene rings is 1. The lowest BCUT2D eigenvalue weighted by Gasteiger charge is -2.32. The number of hydrogen-bond donors (Lipinski definition) is 0. The molecule has 1 aliphatic carbocycles. The maximum Gasteiger partial charge on any atom is 0.458 e. The molecule has 1 saturated heterocycles. The van der Waals surface area contributed by atoms with Gasteiger partial charge in [0.1, 0.15) is 0 Å². The highest BCUT2D eigenvalue weighted by atomic mass is 16.7. The second-order valence-corrected chi connectivity index (χ2v) is 9.20. The summed E-state index contributed by atoms with van der Waals surface area (Å²) in [5.41, 5.74) is 2.21. The molecule has 1 unspecified atom stereocenters. The molecule has 0 spiro atoms. The zero-order valence-electron chi connectivity index (χ0n) is 17.3. The van der Waals surface area contributed by atoms with Crippen molar-refractivity contribution >= 4 is 12.7 Å². The van der Waals surface area contributed by atoms with Gasteiger partial charge >= 0.3 is 7.12 Å². The number of rotatable bonds is 5. The van der Waals surface area contributed by atoms with Crippen molar-refractivity contribution in [3.63, 3.8) is 0 Å². The quantitative estimate of drug-likeness (QED) is 0.571. The van der Waals surface area contributed by atoms with E-state index < -0.39 is 0 Å². The first-order valence-electron chi connectivity index (χ1n) is 10.4. The van der Waals surface area contributed by atoms with E-state index in [1.807, 2.05) is 0 Å². The summed E-state index contributed by atoms with van der Waals surface area (Å²) >= 11 is 0. The van der Waals surface area contributed by atoms with Crippen LogP contribution in [0, 0.1) is 11.8 Å². The van der Waals surface area contributed by atoms with Crippen molar-refractivity contribution in [1.29, 1.82) is 0 Å². The molecule has 0 bridgehead atoms. The first-order valence-corrected chi connectivity index (χ1v) is 10.4. The molecule has 1 aromatic rings. The minimum absolute atomic E-state index is 0.105. The van der Waals surface area contributed by atoms with E-state index in [1.54, 1.807) is 0 Å². The van der Waals surface area contributed by atoms with Crippen LogP contribution in [0.1, 0.15) is 72.3 Å². The molecule has 26 heavy (non-hydrogen) atoms. The Morgan fingerprint density at radius 2 is 1.62 bits per heavy atom. The molecule has 0 N–H and O–H groups in total. The number of allylic oxidation sites excluding steroid dienone is 2. The van der Waals surface area contributed by atoms with Gasteiger partial charge in [-0.2, -0.15) is 0 Å². The molecule has 2 aliphatic rings. The summed E-state index contributed by atoms with van der Waals surface area (Å²) in [7, 11) is -0.105. The molecule has 1 atom stereocenters. The van der Waals surface area contributed by atoms with E-state index in [4.69, 9.17) is 9.31 Å².